The van der Waals surface area contributed by atoms with Gasteiger partial charge in [-0.25, -0.2) is 4.98 Å². The van der Waals surface area contributed by atoms with Gasteiger partial charge in [0.2, 0.25) is 0 Å². The maximum Gasteiger partial charge on any atom is 0.151 e. The molecule has 0 saturated carbocycles. The summed E-state index contributed by atoms with van der Waals surface area (Å²) in [5.74, 6) is 0.293. The molecule has 0 fully saturated rings. The van der Waals surface area contributed by atoms with Gasteiger partial charge in [0, 0.05) is 11.1 Å². The predicted molar refractivity (Wildman–Crippen MR) is 58.4 cm³/mol. The van der Waals surface area contributed by atoms with Crippen molar-refractivity contribution in [3.63, 3.8) is 0 Å². The van der Waals surface area contributed by atoms with E-state index in [4.69, 9.17) is 22.6 Å². The molecule has 0 aliphatic rings. The van der Waals surface area contributed by atoms with E-state index in [2.05, 4.69) is 9.97 Å². The number of rotatable bonds is 0. The molecule has 0 aliphatic carbocycles. The molecule has 2 N–H and O–H groups in total. The average molecular weight is 219 g/mol. The molecule has 0 bridgehead atoms. The van der Waals surface area contributed by atoms with Crippen LogP contribution < -0.4 is 5.73 Å². The maximum atomic E-state index is 8.94. The summed E-state index contributed by atoms with van der Waals surface area (Å²) in [6, 6.07) is 5.58. The summed E-state index contributed by atoms with van der Waals surface area (Å²) in [4.78, 5) is 8.12. The minimum absolute atomic E-state index is 0.0978. The number of nitriles is 1. The molecule has 0 aromatic carbocycles. The van der Waals surface area contributed by atoms with Crippen molar-refractivity contribution in [1.29, 1.82) is 5.26 Å². The van der Waals surface area contributed by atoms with Gasteiger partial charge in [0.1, 0.15) is 17.5 Å². The predicted octanol–water partition coefficient (Wildman–Crippen LogP) is 2.05. The van der Waals surface area contributed by atoms with E-state index in [1.54, 1.807) is 6.07 Å². The number of nitrogens with zero attached hydrogens (tertiary/aromatic N) is 3. The van der Waals surface area contributed by atoms with Crippen molar-refractivity contribution in [2.45, 2.75) is 6.92 Å². The number of anilines is 1. The highest BCUT2D eigenvalue weighted by atomic mass is 35.5. The molecular weight excluding hydrogens is 212 g/mol. The summed E-state index contributed by atoms with van der Waals surface area (Å²) in [6.07, 6.45) is 0. The van der Waals surface area contributed by atoms with Crippen molar-refractivity contribution in [2.24, 2.45) is 0 Å². The van der Waals surface area contributed by atoms with Gasteiger partial charge in [0.15, 0.2) is 5.15 Å². The van der Waals surface area contributed by atoms with E-state index in [1.165, 1.54) is 0 Å². The molecular formula is C10H7ClN4. The topological polar surface area (TPSA) is 75.6 Å². The molecule has 4 nitrogen and oxygen atoms in total. The molecule has 0 saturated heterocycles. The van der Waals surface area contributed by atoms with Crippen LogP contribution in [-0.4, -0.2) is 9.97 Å². The van der Waals surface area contributed by atoms with Crippen LogP contribution in [0.1, 0.15) is 11.3 Å². The van der Waals surface area contributed by atoms with Crippen LogP contribution in [-0.2, 0) is 0 Å². The second kappa shape index (κ2) is 3.37. The molecule has 0 radical (unpaired) electrons. The van der Waals surface area contributed by atoms with E-state index < -0.39 is 0 Å². The van der Waals surface area contributed by atoms with Crippen molar-refractivity contribution in [3.8, 4) is 6.07 Å². The van der Waals surface area contributed by atoms with Crippen LogP contribution >= 0.6 is 11.6 Å². The molecule has 2 heterocycles. The lowest BCUT2D eigenvalue weighted by atomic mass is 10.1. The summed E-state index contributed by atoms with van der Waals surface area (Å²) in [7, 11) is 0. The quantitative estimate of drug-likeness (QED) is 0.687. The van der Waals surface area contributed by atoms with Crippen LogP contribution in [0.2, 0.25) is 5.15 Å². The molecule has 0 atom stereocenters. The van der Waals surface area contributed by atoms with Gasteiger partial charge in [0.05, 0.1) is 5.52 Å². The Labute approximate surface area is 91.3 Å². The number of hydrogen-bond donors (Lipinski definition) is 1. The Morgan fingerprint density at radius 1 is 1.40 bits per heavy atom. The van der Waals surface area contributed by atoms with E-state index in [0.717, 1.165) is 5.69 Å². The molecule has 2 aromatic rings. The van der Waals surface area contributed by atoms with Gasteiger partial charge in [-0.15, -0.1) is 0 Å². The summed E-state index contributed by atoms with van der Waals surface area (Å²) < 4.78 is 0. The van der Waals surface area contributed by atoms with Crippen LogP contribution in [0.25, 0.3) is 10.9 Å². The van der Waals surface area contributed by atoms with E-state index in [1.807, 2.05) is 19.1 Å². The smallest absolute Gasteiger partial charge is 0.151 e. The number of nitrogen functional groups attached to an aromatic ring is 1. The Kier molecular flexibility index (Phi) is 2.18. The highest BCUT2D eigenvalue weighted by Crippen LogP contribution is 2.26. The number of nitrogens with two attached hydrogens (primary N) is 1. The van der Waals surface area contributed by atoms with Gasteiger partial charge in [-0.3, -0.25) is 4.98 Å². The van der Waals surface area contributed by atoms with Gasteiger partial charge in [-0.1, -0.05) is 11.6 Å². The summed E-state index contributed by atoms with van der Waals surface area (Å²) >= 11 is 5.81. The summed E-state index contributed by atoms with van der Waals surface area (Å²) in [5, 5.41) is 9.69. The molecule has 74 valence electrons. The molecule has 0 spiro atoms. The van der Waals surface area contributed by atoms with Crippen LogP contribution in [0.15, 0.2) is 12.1 Å². The third-order valence-corrected chi connectivity index (χ3v) is 2.36. The van der Waals surface area contributed by atoms with E-state index in [-0.39, 0.29) is 10.7 Å². The normalized spacial score (nSPS) is 10.2. The molecule has 0 aliphatic heterocycles. The van der Waals surface area contributed by atoms with Crippen molar-refractivity contribution in [2.75, 3.05) is 5.73 Å². The molecule has 15 heavy (non-hydrogen) atoms. The lowest BCUT2D eigenvalue weighted by molar-refractivity contribution is 1.23. The third kappa shape index (κ3) is 1.47. The van der Waals surface area contributed by atoms with Crippen molar-refractivity contribution in [1.82, 2.24) is 9.97 Å². The second-order valence-electron chi connectivity index (χ2n) is 3.12. The van der Waals surface area contributed by atoms with Gasteiger partial charge in [-0.2, -0.15) is 5.26 Å². The monoisotopic (exact) mass is 218 g/mol. The van der Waals surface area contributed by atoms with Gasteiger partial charge < -0.3 is 5.73 Å². The van der Waals surface area contributed by atoms with Crippen LogP contribution in [0.5, 0.6) is 0 Å². The standard InChI is InChI=1S/C10H7ClN4/c1-5-2-3-6-8(14-5)7(4-12)9(11)15-10(6)13/h2-3H,1H3,(H2,13,15). The zero-order valence-electron chi connectivity index (χ0n) is 7.95. The molecule has 0 unspecified atom stereocenters. The van der Waals surface area contributed by atoms with Gasteiger partial charge in [0.25, 0.3) is 0 Å². The van der Waals surface area contributed by atoms with Crippen LogP contribution in [0, 0.1) is 18.3 Å². The van der Waals surface area contributed by atoms with E-state index in [9.17, 15) is 0 Å². The van der Waals surface area contributed by atoms with E-state index >= 15 is 0 Å². The zero-order chi connectivity index (χ0) is 11.0. The molecule has 2 rings (SSSR count). The van der Waals surface area contributed by atoms with Crippen molar-refractivity contribution in [3.05, 3.63) is 28.5 Å². The van der Waals surface area contributed by atoms with Gasteiger partial charge >= 0.3 is 0 Å². The first-order valence-electron chi connectivity index (χ1n) is 4.26. The Morgan fingerprint density at radius 2 is 2.13 bits per heavy atom. The number of pyridine rings is 2. The molecule has 5 heteroatoms. The highest BCUT2D eigenvalue weighted by Gasteiger charge is 2.11. The Hall–Kier alpha value is -1.86. The first kappa shape index (κ1) is 9.69. The number of hydrogen-bond acceptors (Lipinski definition) is 4. The number of aryl methyl sites for hydroxylation is 1. The average Bonchev–Trinajstić information content (AvgIpc) is 2.17. The SMILES string of the molecule is Cc1ccc2c(N)nc(Cl)c(C#N)c2n1. The Bertz CT molecular complexity index is 586. The molecule has 2 aromatic heterocycles. The first-order valence-corrected chi connectivity index (χ1v) is 4.63. The lowest BCUT2D eigenvalue weighted by Crippen LogP contribution is -1.97. The minimum Gasteiger partial charge on any atom is -0.383 e. The Balaban J connectivity index is 3.00. The third-order valence-electron chi connectivity index (χ3n) is 2.08. The summed E-state index contributed by atoms with van der Waals surface area (Å²) in [5.41, 5.74) is 7.27. The maximum absolute atomic E-state index is 8.94. The lowest BCUT2D eigenvalue weighted by Gasteiger charge is -2.04. The second-order valence-corrected chi connectivity index (χ2v) is 3.48. The fourth-order valence-electron chi connectivity index (χ4n) is 1.37. The van der Waals surface area contributed by atoms with Crippen molar-refractivity contribution >= 4 is 28.3 Å². The molecule has 0 amide bonds. The number of aromatic nitrogens is 2. The minimum atomic E-state index is 0.0978. The fraction of sp³-hybridized carbons (Fsp3) is 0.100. The zero-order valence-corrected chi connectivity index (χ0v) is 8.71. The highest BCUT2D eigenvalue weighted by molar-refractivity contribution is 6.31. The Morgan fingerprint density at radius 3 is 2.80 bits per heavy atom. The van der Waals surface area contributed by atoms with Crippen molar-refractivity contribution < 1.29 is 0 Å². The van der Waals surface area contributed by atoms with Crippen LogP contribution in [0.3, 0.4) is 0 Å². The first-order chi connectivity index (χ1) is 7.13. The summed E-state index contributed by atoms with van der Waals surface area (Å²) in [6.45, 7) is 1.84. The van der Waals surface area contributed by atoms with Crippen LogP contribution in [0.4, 0.5) is 5.82 Å². The van der Waals surface area contributed by atoms with Gasteiger partial charge in [-0.05, 0) is 19.1 Å². The van der Waals surface area contributed by atoms with E-state index in [0.29, 0.717) is 16.7 Å². The number of fused-ring (bicyclic) bond motifs is 1. The fourth-order valence-corrected chi connectivity index (χ4v) is 1.60. The largest absolute Gasteiger partial charge is 0.383 e. The number of halogens is 1.